The molecule has 0 aliphatic carbocycles. The standard InChI is InChI=1S/C26H29FN4O4S/c1-17(36-16-24(33)28-19-12-10-18(27)11-13-19)25(34)35-15-23(32)29-22-14-21(26(2,3)4)30-31(22)20-8-6-5-7-9-20/h5-14,17H,15-16H2,1-4H3,(H,28,33)(H,29,32)/t17-/m0/s1. The Kier molecular flexibility index (Phi) is 8.87. The van der Waals surface area contributed by atoms with Crippen LogP contribution in [0.4, 0.5) is 15.9 Å². The average molecular weight is 513 g/mol. The molecule has 2 aromatic carbocycles. The summed E-state index contributed by atoms with van der Waals surface area (Å²) in [5.74, 6) is -1.41. The maximum absolute atomic E-state index is 13.0. The molecule has 2 N–H and O–H groups in total. The third kappa shape index (κ3) is 7.67. The molecule has 3 rings (SSSR count). The van der Waals surface area contributed by atoms with Gasteiger partial charge in [0.05, 0.1) is 17.1 Å². The number of aromatic nitrogens is 2. The van der Waals surface area contributed by atoms with Gasteiger partial charge in [0.15, 0.2) is 6.61 Å². The van der Waals surface area contributed by atoms with Crippen molar-refractivity contribution in [1.82, 2.24) is 9.78 Å². The van der Waals surface area contributed by atoms with Crippen LogP contribution in [0.15, 0.2) is 60.7 Å². The van der Waals surface area contributed by atoms with Crippen LogP contribution in [-0.2, 0) is 24.5 Å². The second-order valence-electron chi connectivity index (χ2n) is 9.08. The molecular formula is C26H29FN4O4S. The highest BCUT2D eigenvalue weighted by Gasteiger charge is 2.22. The number of carbonyl (C=O) groups excluding carboxylic acids is 3. The maximum atomic E-state index is 13.0. The topological polar surface area (TPSA) is 102 Å². The molecule has 0 saturated heterocycles. The normalized spacial score (nSPS) is 12.0. The van der Waals surface area contributed by atoms with Gasteiger partial charge in [-0.25, -0.2) is 9.07 Å². The minimum Gasteiger partial charge on any atom is -0.455 e. The van der Waals surface area contributed by atoms with E-state index in [1.165, 1.54) is 24.3 Å². The van der Waals surface area contributed by atoms with Crippen LogP contribution in [0.3, 0.4) is 0 Å². The van der Waals surface area contributed by atoms with Crippen LogP contribution >= 0.6 is 11.8 Å². The first-order chi connectivity index (χ1) is 17.0. The fraction of sp³-hybridized carbons (Fsp3) is 0.308. The smallest absolute Gasteiger partial charge is 0.319 e. The molecule has 0 unspecified atom stereocenters. The zero-order valence-electron chi connectivity index (χ0n) is 20.6. The van der Waals surface area contributed by atoms with Gasteiger partial charge in [-0.1, -0.05) is 39.0 Å². The highest BCUT2D eigenvalue weighted by molar-refractivity contribution is 8.01. The minimum absolute atomic E-state index is 0.00825. The predicted octanol–water partition coefficient (Wildman–Crippen LogP) is 4.55. The number of carbonyl (C=O) groups is 3. The highest BCUT2D eigenvalue weighted by Crippen LogP contribution is 2.26. The molecule has 1 atom stereocenters. The van der Waals surface area contributed by atoms with Crippen LogP contribution in [0.2, 0.25) is 0 Å². The Morgan fingerprint density at radius 2 is 1.69 bits per heavy atom. The Morgan fingerprint density at radius 1 is 1.03 bits per heavy atom. The Morgan fingerprint density at radius 3 is 2.33 bits per heavy atom. The maximum Gasteiger partial charge on any atom is 0.319 e. The summed E-state index contributed by atoms with van der Waals surface area (Å²) in [6.07, 6.45) is 0. The van der Waals surface area contributed by atoms with Crippen molar-refractivity contribution in [1.29, 1.82) is 0 Å². The van der Waals surface area contributed by atoms with E-state index >= 15 is 0 Å². The number of thioether (sulfide) groups is 1. The SMILES string of the molecule is C[C@H](SCC(=O)Nc1ccc(F)cc1)C(=O)OCC(=O)Nc1cc(C(C)(C)C)nn1-c1ccccc1. The zero-order chi connectivity index (χ0) is 26.3. The fourth-order valence-electron chi connectivity index (χ4n) is 3.03. The third-order valence-electron chi connectivity index (χ3n) is 5.02. The molecule has 1 heterocycles. The Hall–Kier alpha value is -3.66. The van der Waals surface area contributed by atoms with Gasteiger partial charge in [0, 0.05) is 17.2 Å². The van der Waals surface area contributed by atoms with Gasteiger partial charge in [-0.15, -0.1) is 11.8 Å². The van der Waals surface area contributed by atoms with Gasteiger partial charge in [0.1, 0.15) is 16.9 Å². The van der Waals surface area contributed by atoms with Gasteiger partial charge in [-0.2, -0.15) is 5.10 Å². The molecule has 0 saturated carbocycles. The van der Waals surface area contributed by atoms with Gasteiger partial charge >= 0.3 is 5.97 Å². The number of hydrogen-bond donors (Lipinski definition) is 2. The molecule has 8 nitrogen and oxygen atoms in total. The van der Waals surface area contributed by atoms with Crippen LogP contribution < -0.4 is 10.6 Å². The van der Waals surface area contributed by atoms with Crippen LogP contribution in [-0.4, -0.2) is 45.2 Å². The van der Waals surface area contributed by atoms with Crippen LogP contribution in [0.5, 0.6) is 0 Å². The molecule has 0 radical (unpaired) electrons. The van der Waals surface area contributed by atoms with Crippen molar-refractivity contribution in [3.8, 4) is 5.69 Å². The Labute approximate surface area is 213 Å². The number of amides is 2. The Bertz CT molecular complexity index is 1210. The molecule has 0 aliphatic rings. The highest BCUT2D eigenvalue weighted by atomic mass is 32.2. The van der Waals surface area contributed by atoms with Crippen molar-refractivity contribution in [2.24, 2.45) is 0 Å². The van der Waals surface area contributed by atoms with Gasteiger partial charge in [0.2, 0.25) is 5.91 Å². The van der Waals surface area contributed by atoms with Crippen molar-refractivity contribution in [3.05, 3.63) is 72.2 Å². The monoisotopic (exact) mass is 512 g/mol. The van der Waals surface area contributed by atoms with Crippen molar-refractivity contribution in [3.63, 3.8) is 0 Å². The second kappa shape index (κ2) is 11.9. The van der Waals surface area contributed by atoms with Crippen molar-refractivity contribution in [2.75, 3.05) is 23.0 Å². The lowest BCUT2D eigenvalue weighted by Crippen LogP contribution is -2.26. The van der Waals surface area contributed by atoms with Gasteiger partial charge < -0.3 is 15.4 Å². The minimum atomic E-state index is -0.667. The second-order valence-corrected chi connectivity index (χ2v) is 10.4. The molecule has 3 aromatic rings. The molecule has 0 aliphatic heterocycles. The Balaban J connectivity index is 1.51. The number of ether oxygens (including phenoxy) is 1. The zero-order valence-corrected chi connectivity index (χ0v) is 21.4. The van der Waals surface area contributed by atoms with Crippen LogP contribution in [0, 0.1) is 5.82 Å². The molecule has 0 fully saturated rings. The van der Waals surface area contributed by atoms with Crippen molar-refractivity contribution in [2.45, 2.75) is 38.4 Å². The summed E-state index contributed by atoms with van der Waals surface area (Å²) in [5.41, 5.74) is 1.80. The molecule has 1 aromatic heterocycles. The summed E-state index contributed by atoms with van der Waals surface area (Å²) in [4.78, 5) is 36.9. The van der Waals surface area contributed by atoms with E-state index in [0.717, 1.165) is 23.1 Å². The molecule has 0 spiro atoms. The summed E-state index contributed by atoms with van der Waals surface area (Å²) < 4.78 is 19.7. The quantitative estimate of drug-likeness (QED) is 0.408. The van der Waals surface area contributed by atoms with Crippen molar-refractivity contribution < 1.29 is 23.5 Å². The van der Waals surface area contributed by atoms with Gasteiger partial charge in [-0.05, 0) is 43.3 Å². The van der Waals surface area contributed by atoms with E-state index in [2.05, 4.69) is 15.7 Å². The summed E-state index contributed by atoms with van der Waals surface area (Å²) in [6.45, 7) is 7.19. The lowest BCUT2D eigenvalue weighted by atomic mass is 9.92. The lowest BCUT2D eigenvalue weighted by Gasteiger charge is -2.14. The molecule has 2 amide bonds. The number of benzene rings is 2. The summed E-state index contributed by atoms with van der Waals surface area (Å²) in [5, 5.41) is 9.36. The largest absolute Gasteiger partial charge is 0.455 e. The van der Waals surface area contributed by atoms with E-state index in [4.69, 9.17) is 4.74 Å². The number of nitrogens with one attached hydrogen (secondary N) is 2. The first kappa shape index (κ1) is 26.9. The van der Waals surface area contributed by atoms with Gasteiger partial charge in [0.25, 0.3) is 5.91 Å². The number of anilines is 2. The van der Waals surface area contributed by atoms with E-state index in [1.54, 1.807) is 17.7 Å². The molecule has 190 valence electrons. The van der Waals surface area contributed by atoms with Crippen molar-refractivity contribution >= 4 is 41.1 Å². The molecule has 10 heteroatoms. The van der Waals surface area contributed by atoms with E-state index in [1.807, 2.05) is 51.1 Å². The predicted molar refractivity (Wildman–Crippen MR) is 139 cm³/mol. The number of halogens is 1. The first-order valence-corrected chi connectivity index (χ1v) is 12.4. The van der Waals surface area contributed by atoms with Crippen LogP contribution in [0.25, 0.3) is 5.69 Å². The average Bonchev–Trinajstić information content (AvgIpc) is 3.27. The fourth-order valence-corrected chi connectivity index (χ4v) is 3.71. The number of hydrogen-bond acceptors (Lipinski definition) is 6. The number of rotatable bonds is 9. The summed E-state index contributed by atoms with van der Waals surface area (Å²) in [6, 6.07) is 16.6. The summed E-state index contributed by atoms with van der Waals surface area (Å²) >= 11 is 1.07. The third-order valence-corrected chi connectivity index (χ3v) is 6.14. The molecule has 0 bridgehead atoms. The van der Waals surface area contributed by atoms with Gasteiger partial charge in [-0.3, -0.25) is 14.4 Å². The van der Waals surface area contributed by atoms with E-state index < -0.39 is 29.6 Å². The number of esters is 1. The first-order valence-electron chi connectivity index (χ1n) is 11.3. The lowest BCUT2D eigenvalue weighted by molar-refractivity contribution is -0.146. The van der Waals surface area contributed by atoms with E-state index in [9.17, 15) is 18.8 Å². The van der Waals surface area contributed by atoms with E-state index in [-0.39, 0.29) is 17.1 Å². The van der Waals surface area contributed by atoms with Crippen LogP contribution in [0.1, 0.15) is 33.4 Å². The molecule has 36 heavy (non-hydrogen) atoms. The number of para-hydroxylation sites is 1. The molecular weight excluding hydrogens is 483 g/mol. The van der Waals surface area contributed by atoms with E-state index in [0.29, 0.717) is 11.5 Å². The number of nitrogens with zero attached hydrogens (tertiary/aromatic N) is 2. The summed E-state index contributed by atoms with van der Waals surface area (Å²) in [7, 11) is 0.